The van der Waals surface area contributed by atoms with E-state index >= 15 is 0 Å². The van der Waals surface area contributed by atoms with Crippen LogP contribution in [0, 0.1) is 0 Å². The third-order valence-electron chi connectivity index (χ3n) is 9.39. The summed E-state index contributed by atoms with van der Waals surface area (Å²) in [6.45, 7) is 4.07. The van der Waals surface area contributed by atoms with Crippen molar-refractivity contribution in [3.05, 3.63) is 60.8 Å². The van der Waals surface area contributed by atoms with Gasteiger partial charge in [0.05, 0.1) is 25.4 Å². The van der Waals surface area contributed by atoms with Crippen molar-refractivity contribution in [2.24, 2.45) is 5.73 Å². The highest BCUT2D eigenvalue weighted by atomic mass is 31.2. The molecular formula is C45H83N2O6P. The number of carbonyl (C=O) groups is 1. The molecule has 5 N–H and O–H groups in total. The maximum Gasteiger partial charge on any atom is 0.472 e. The summed E-state index contributed by atoms with van der Waals surface area (Å²) < 4.78 is 22.2. The van der Waals surface area contributed by atoms with Gasteiger partial charge in [-0.3, -0.25) is 13.8 Å². The second-order valence-electron chi connectivity index (χ2n) is 14.5. The number of hydrogen-bond donors (Lipinski definition) is 4. The number of nitrogens with two attached hydrogens (primary N) is 1. The van der Waals surface area contributed by atoms with Crippen molar-refractivity contribution in [2.45, 2.75) is 199 Å². The summed E-state index contributed by atoms with van der Waals surface area (Å²) in [6.07, 6.45) is 50.8. The third-order valence-corrected chi connectivity index (χ3v) is 10.4. The van der Waals surface area contributed by atoms with Gasteiger partial charge in [0, 0.05) is 13.0 Å². The standard InChI is InChI=1S/C45H83N2O6P/c1-3-5-7-9-11-13-15-17-18-19-20-21-22-23-24-25-26-27-29-31-33-35-37-39-45(49)47-43(42-53-54(50,51)52-41-40-46)44(48)38-36-34-32-30-28-16-14-12-10-8-6-4-2/h5,7,11,13,17-18,20-21,23-24,43-44,48H,3-4,6,8-10,12,14-16,19,22,25-42,46H2,1-2H3,(H,47,49)(H,50,51)/b7-5-,13-11-,18-17-,21-20-,24-23-. The summed E-state index contributed by atoms with van der Waals surface area (Å²) in [5.74, 6) is -0.176. The van der Waals surface area contributed by atoms with Crippen molar-refractivity contribution < 1.29 is 28.4 Å². The Morgan fingerprint density at radius 3 is 1.57 bits per heavy atom. The first-order valence-electron chi connectivity index (χ1n) is 21.9. The van der Waals surface area contributed by atoms with E-state index in [-0.39, 0.29) is 25.7 Å². The molecule has 0 bridgehead atoms. The van der Waals surface area contributed by atoms with Gasteiger partial charge < -0.3 is 21.1 Å². The monoisotopic (exact) mass is 779 g/mol. The molecular weight excluding hydrogens is 695 g/mol. The van der Waals surface area contributed by atoms with Gasteiger partial charge in [-0.2, -0.15) is 0 Å². The molecule has 0 aliphatic rings. The van der Waals surface area contributed by atoms with Crippen LogP contribution in [0.3, 0.4) is 0 Å². The zero-order chi connectivity index (χ0) is 39.6. The Bertz CT molecular complexity index is 1030. The van der Waals surface area contributed by atoms with Crippen LogP contribution in [0.1, 0.15) is 187 Å². The number of aliphatic hydroxyl groups is 1. The van der Waals surface area contributed by atoms with Crippen LogP contribution in [0.4, 0.5) is 0 Å². The van der Waals surface area contributed by atoms with Gasteiger partial charge in [0.1, 0.15) is 0 Å². The van der Waals surface area contributed by atoms with Gasteiger partial charge in [0.2, 0.25) is 5.91 Å². The molecule has 0 aromatic rings. The average Bonchev–Trinajstić information content (AvgIpc) is 3.16. The summed E-state index contributed by atoms with van der Waals surface area (Å²) >= 11 is 0. The zero-order valence-electron chi connectivity index (χ0n) is 34.7. The van der Waals surface area contributed by atoms with Gasteiger partial charge in [-0.15, -0.1) is 0 Å². The number of hydrogen-bond acceptors (Lipinski definition) is 6. The second kappa shape index (κ2) is 40.9. The quantitative estimate of drug-likeness (QED) is 0.0277. The number of allylic oxidation sites excluding steroid dienone is 10. The van der Waals surface area contributed by atoms with Crippen molar-refractivity contribution in [3.8, 4) is 0 Å². The lowest BCUT2D eigenvalue weighted by molar-refractivity contribution is -0.123. The normalized spacial score (nSPS) is 14.7. The largest absolute Gasteiger partial charge is 0.472 e. The van der Waals surface area contributed by atoms with E-state index in [0.29, 0.717) is 12.8 Å². The van der Waals surface area contributed by atoms with Gasteiger partial charge in [-0.05, 0) is 57.8 Å². The van der Waals surface area contributed by atoms with Crippen LogP contribution >= 0.6 is 7.82 Å². The zero-order valence-corrected chi connectivity index (χ0v) is 35.6. The van der Waals surface area contributed by atoms with E-state index in [1.54, 1.807) is 0 Å². The van der Waals surface area contributed by atoms with E-state index in [4.69, 9.17) is 14.8 Å². The van der Waals surface area contributed by atoms with E-state index in [1.807, 2.05) is 0 Å². The highest BCUT2D eigenvalue weighted by molar-refractivity contribution is 7.47. The van der Waals surface area contributed by atoms with E-state index in [0.717, 1.165) is 83.5 Å². The number of carbonyl (C=O) groups excluding carboxylic acids is 1. The van der Waals surface area contributed by atoms with Crippen molar-refractivity contribution in [3.63, 3.8) is 0 Å². The number of phosphoric acid groups is 1. The minimum absolute atomic E-state index is 0.0841. The topological polar surface area (TPSA) is 131 Å². The molecule has 0 heterocycles. The summed E-state index contributed by atoms with van der Waals surface area (Å²) in [4.78, 5) is 22.7. The fourth-order valence-corrected chi connectivity index (χ4v) is 6.86. The van der Waals surface area contributed by atoms with E-state index in [2.05, 4.69) is 79.9 Å². The first kappa shape index (κ1) is 52.2. The maximum absolute atomic E-state index is 12.8. The molecule has 0 aromatic heterocycles. The Kier molecular flexibility index (Phi) is 39.5. The van der Waals surface area contributed by atoms with E-state index in [1.165, 1.54) is 77.0 Å². The van der Waals surface area contributed by atoms with Crippen LogP contribution in [-0.2, 0) is 18.4 Å². The van der Waals surface area contributed by atoms with Crippen LogP contribution in [0.5, 0.6) is 0 Å². The fraction of sp³-hybridized carbons (Fsp3) is 0.756. The molecule has 0 aliphatic heterocycles. The minimum Gasteiger partial charge on any atom is -0.391 e. The number of unbranched alkanes of at least 4 members (excludes halogenated alkanes) is 18. The lowest BCUT2D eigenvalue weighted by Crippen LogP contribution is -2.46. The SMILES string of the molecule is CC/C=C\C/C=C\C/C=C\C/C=C\C/C=C\CCCCCCCCCC(=O)NC(COP(=O)(O)OCCN)C(O)CCCCCCCCCCCCCC. The first-order valence-corrected chi connectivity index (χ1v) is 23.4. The molecule has 9 heteroatoms. The molecule has 8 nitrogen and oxygen atoms in total. The Balaban J connectivity index is 4.15. The van der Waals surface area contributed by atoms with Gasteiger partial charge in [-0.1, -0.05) is 184 Å². The summed E-state index contributed by atoms with van der Waals surface area (Å²) in [5.41, 5.74) is 5.37. The molecule has 54 heavy (non-hydrogen) atoms. The molecule has 0 saturated carbocycles. The predicted octanol–water partition coefficient (Wildman–Crippen LogP) is 12.3. The molecule has 0 aliphatic carbocycles. The average molecular weight is 779 g/mol. The van der Waals surface area contributed by atoms with E-state index in [9.17, 15) is 19.4 Å². The van der Waals surface area contributed by atoms with Gasteiger partial charge >= 0.3 is 7.82 Å². The summed E-state index contributed by atoms with van der Waals surface area (Å²) in [7, 11) is -4.32. The molecule has 0 radical (unpaired) electrons. The smallest absolute Gasteiger partial charge is 0.391 e. The van der Waals surface area contributed by atoms with Crippen molar-refractivity contribution >= 4 is 13.7 Å². The van der Waals surface area contributed by atoms with Gasteiger partial charge in [0.15, 0.2) is 0 Å². The van der Waals surface area contributed by atoms with Crippen molar-refractivity contribution in [2.75, 3.05) is 19.8 Å². The van der Waals surface area contributed by atoms with Gasteiger partial charge in [0.25, 0.3) is 0 Å². The van der Waals surface area contributed by atoms with Crippen molar-refractivity contribution in [1.82, 2.24) is 5.32 Å². The Hall–Kier alpha value is -1.80. The highest BCUT2D eigenvalue weighted by Crippen LogP contribution is 2.43. The minimum atomic E-state index is -4.32. The molecule has 1 amide bonds. The molecule has 3 unspecified atom stereocenters. The fourth-order valence-electron chi connectivity index (χ4n) is 6.10. The number of rotatable bonds is 40. The van der Waals surface area contributed by atoms with Crippen LogP contribution < -0.4 is 11.1 Å². The summed E-state index contributed by atoms with van der Waals surface area (Å²) in [5, 5.41) is 13.8. The molecule has 0 aromatic carbocycles. The van der Waals surface area contributed by atoms with Crippen LogP contribution in [-0.4, -0.2) is 47.8 Å². The molecule has 0 rings (SSSR count). The van der Waals surface area contributed by atoms with E-state index < -0.39 is 20.0 Å². The van der Waals surface area contributed by atoms with Crippen LogP contribution in [0.15, 0.2) is 60.8 Å². The van der Waals surface area contributed by atoms with Crippen LogP contribution in [0.2, 0.25) is 0 Å². The lowest BCUT2D eigenvalue weighted by atomic mass is 10.0. The molecule has 3 atom stereocenters. The molecule has 0 fully saturated rings. The number of phosphoric ester groups is 1. The third kappa shape index (κ3) is 38.5. The Morgan fingerprint density at radius 2 is 1.07 bits per heavy atom. The Morgan fingerprint density at radius 1 is 0.630 bits per heavy atom. The maximum atomic E-state index is 12.8. The number of nitrogens with one attached hydrogen (secondary N) is 1. The molecule has 0 saturated heterocycles. The first-order chi connectivity index (χ1) is 26.4. The Labute approximate surface area is 332 Å². The number of amides is 1. The number of aliphatic hydroxyl groups excluding tert-OH is 1. The molecule has 0 spiro atoms. The van der Waals surface area contributed by atoms with Crippen molar-refractivity contribution in [1.29, 1.82) is 0 Å². The lowest BCUT2D eigenvalue weighted by Gasteiger charge is -2.25. The van der Waals surface area contributed by atoms with Gasteiger partial charge in [-0.25, -0.2) is 4.57 Å². The second-order valence-corrected chi connectivity index (χ2v) is 16.0. The predicted molar refractivity (Wildman–Crippen MR) is 230 cm³/mol. The molecule has 314 valence electrons. The van der Waals surface area contributed by atoms with Crippen LogP contribution in [0.25, 0.3) is 0 Å². The highest BCUT2D eigenvalue weighted by Gasteiger charge is 2.27. The summed E-state index contributed by atoms with van der Waals surface area (Å²) in [6, 6.07) is -0.782.